The topological polar surface area (TPSA) is 75.6 Å². The Hall–Kier alpha value is -3.34. The molecule has 144 valence electrons. The summed E-state index contributed by atoms with van der Waals surface area (Å²) in [4.78, 5) is 24.2. The van der Waals surface area contributed by atoms with E-state index in [2.05, 4.69) is 5.32 Å². The second-order valence-electron chi connectivity index (χ2n) is 7.32. The molecule has 1 amide bonds. The van der Waals surface area contributed by atoms with Crippen molar-refractivity contribution < 1.29 is 19.4 Å². The van der Waals surface area contributed by atoms with E-state index in [1.165, 1.54) is 13.8 Å². The fourth-order valence-corrected chi connectivity index (χ4v) is 2.82. The Morgan fingerprint density at radius 1 is 1.00 bits per heavy atom. The van der Waals surface area contributed by atoms with Crippen LogP contribution in [0.3, 0.4) is 0 Å². The first-order valence-electron chi connectivity index (χ1n) is 9.04. The molecule has 0 spiro atoms. The van der Waals surface area contributed by atoms with Gasteiger partial charge < -0.3 is 15.2 Å². The number of rotatable bonds is 6. The molecular weight excluding hydrogens is 354 g/mol. The molecule has 0 heterocycles. The van der Waals surface area contributed by atoms with Gasteiger partial charge in [0.25, 0.3) is 5.91 Å². The second-order valence-corrected chi connectivity index (χ2v) is 7.32. The number of carboxylic acids is 1. The lowest BCUT2D eigenvalue weighted by Gasteiger charge is -2.22. The first-order valence-corrected chi connectivity index (χ1v) is 9.04. The highest BCUT2D eigenvalue weighted by atomic mass is 16.5. The number of fused-ring (bicyclic) bond motifs is 1. The van der Waals surface area contributed by atoms with E-state index in [1.54, 1.807) is 6.07 Å². The molecule has 5 nitrogen and oxygen atoms in total. The molecule has 5 heteroatoms. The van der Waals surface area contributed by atoms with E-state index in [1.807, 2.05) is 61.5 Å². The van der Waals surface area contributed by atoms with Crippen molar-refractivity contribution >= 4 is 22.6 Å². The number of aryl methyl sites for hydroxylation is 1. The first kappa shape index (κ1) is 19.4. The van der Waals surface area contributed by atoms with Crippen molar-refractivity contribution in [2.45, 2.75) is 32.9 Å². The van der Waals surface area contributed by atoms with E-state index in [0.29, 0.717) is 17.9 Å². The molecule has 28 heavy (non-hydrogen) atoms. The maximum absolute atomic E-state index is 12.8. The van der Waals surface area contributed by atoms with E-state index in [-0.39, 0.29) is 0 Å². The van der Waals surface area contributed by atoms with Gasteiger partial charge in [0.15, 0.2) is 0 Å². The van der Waals surface area contributed by atoms with Crippen LogP contribution in [-0.4, -0.2) is 22.5 Å². The summed E-state index contributed by atoms with van der Waals surface area (Å²) in [7, 11) is 0. The van der Waals surface area contributed by atoms with Crippen LogP contribution in [0.1, 0.15) is 35.3 Å². The molecule has 3 rings (SSSR count). The number of carbonyl (C=O) groups is 2. The molecule has 3 aromatic rings. The van der Waals surface area contributed by atoms with E-state index >= 15 is 0 Å². The Balaban J connectivity index is 1.97. The van der Waals surface area contributed by atoms with Crippen molar-refractivity contribution in [1.29, 1.82) is 0 Å². The number of nitrogens with one attached hydrogen (secondary N) is 1. The van der Waals surface area contributed by atoms with E-state index in [9.17, 15) is 14.7 Å². The van der Waals surface area contributed by atoms with Crippen molar-refractivity contribution in [2.24, 2.45) is 0 Å². The van der Waals surface area contributed by atoms with Crippen LogP contribution in [0, 0.1) is 6.92 Å². The van der Waals surface area contributed by atoms with E-state index < -0.39 is 17.4 Å². The molecule has 2 N–H and O–H groups in total. The van der Waals surface area contributed by atoms with Crippen molar-refractivity contribution in [2.75, 3.05) is 0 Å². The standard InChI is InChI=1S/C23H23NO4/c1-15-8-10-16(11-9-15)14-28-20-18-7-5-4-6-17(18)12-13-19(20)21(25)24-23(2,3)22(26)27/h4-13H,14H2,1-3H3,(H,24,25)(H,26,27). The Labute approximate surface area is 164 Å². The van der Waals surface area contributed by atoms with Gasteiger partial charge in [0, 0.05) is 5.39 Å². The SMILES string of the molecule is Cc1ccc(COc2c(C(=O)NC(C)(C)C(=O)O)ccc3ccccc23)cc1. The Morgan fingerprint density at radius 3 is 2.36 bits per heavy atom. The zero-order valence-corrected chi connectivity index (χ0v) is 16.2. The van der Waals surface area contributed by atoms with Gasteiger partial charge in [0.1, 0.15) is 17.9 Å². The molecule has 0 atom stereocenters. The summed E-state index contributed by atoms with van der Waals surface area (Å²) in [5.74, 6) is -1.15. The lowest BCUT2D eigenvalue weighted by Crippen LogP contribution is -2.49. The van der Waals surface area contributed by atoms with Gasteiger partial charge in [-0.05, 0) is 37.8 Å². The summed E-state index contributed by atoms with van der Waals surface area (Å²) in [5, 5.41) is 13.6. The molecule has 0 aliphatic heterocycles. The molecule has 0 aromatic heterocycles. The van der Waals surface area contributed by atoms with Crippen molar-refractivity contribution in [1.82, 2.24) is 5.32 Å². The number of amides is 1. The van der Waals surface area contributed by atoms with Crippen LogP contribution in [0.15, 0.2) is 60.7 Å². The summed E-state index contributed by atoms with van der Waals surface area (Å²) < 4.78 is 6.06. The Morgan fingerprint density at radius 2 is 1.68 bits per heavy atom. The molecule has 0 unspecified atom stereocenters. The van der Waals surface area contributed by atoms with Gasteiger partial charge >= 0.3 is 5.97 Å². The van der Waals surface area contributed by atoms with E-state index in [4.69, 9.17) is 4.74 Å². The molecule has 3 aromatic carbocycles. The largest absolute Gasteiger partial charge is 0.487 e. The minimum atomic E-state index is -1.39. The fourth-order valence-electron chi connectivity index (χ4n) is 2.82. The van der Waals surface area contributed by atoms with Crippen LogP contribution in [0.25, 0.3) is 10.8 Å². The third kappa shape index (κ3) is 4.14. The number of hydrogen-bond donors (Lipinski definition) is 2. The fraction of sp³-hybridized carbons (Fsp3) is 0.217. The average molecular weight is 377 g/mol. The minimum absolute atomic E-state index is 0.302. The zero-order valence-electron chi connectivity index (χ0n) is 16.2. The number of benzene rings is 3. The van der Waals surface area contributed by atoms with Crippen LogP contribution in [0.4, 0.5) is 0 Å². The van der Waals surface area contributed by atoms with Crippen molar-refractivity contribution in [3.05, 3.63) is 77.4 Å². The van der Waals surface area contributed by atoms with Gasteiger partial charge in [-0.1, -0.05) is 60.2 Å². The second kappa shape index (κ2) is 7.72. The van der Waals surface area contributed by atoms with Crippen LogP contribution in [0.2, 0.25) is 0 Å². The molecule has 0 saturated heterocycles. The number of carboxylic acid groups (broad SMARTS) is 1. The maximum Gasteiger partial charge on any atom is 0.328 e. The van der Waals surface area contributed by atoms with Gasteiger partial charge in [0.05, 0.1) is 5.56 Å². The molecule has 0 aliphatic carbocycles. The van der Waals surface area contributed by atoms with Crippen LogP contribution >= 0.6 is 0 Å². The maximum atomic E-state index is 12.8. The van der Waals surface area contributed by atoms with Gasteiger partial charge in [-0.2, -0.15) is 0 Å². The van der Waals surface area contributed by atoms with Gasteiger partial charge in [-0.25, -0.2) is 4.79 Å². The summed E-state index contributed by atoms with van der Waals surface area (Å²) >= 11 is 0. The number of aliphatic carboxylic acids is 1. The molecule has 0 aliphatic rings. The van der Waals surface area contributed by atoms with Gasteiger partial charge in [-0.3, -0.25) is 4.79 Å². The smallest absolute Gasteiger partial charge is 0.328 e. The molecule has 0 radical (unpaired) electrons. The number of ether oxygens (including phenoxy) is 1. The zero-order chi connectivity index (χ0) is 20.3. The van der Waals surface area contributed by atoms with Crippen LogP contribution in [-0.2, 0) is 11.4 Å². The first-order chi connectivity index (χ1) is 13.3. The highest BCUT2D eigenvalue weighted by Gasteiger charge is 2.30. The van der Waals surface area contributed by atoms with Crippen LogP contribution < -0.4 is 10.1 Å². The normalized spacial score (nSPS) is 11.2. The number of hydrogen-bond acceptors (Lipinski definition) is 3. The highest BCUT2D eigenvalue weighted by Crippen LogP contribution is 2.31. The molecule has 0 saturated carbocycles. The number of carbonyl (C=O) groups excluding carboxylic acids is 1. The molecular formula is C23H23NO4. The Kier molecular flexibility index (Phi) is 5.36. The van der Waals surface area contributed by atoms with Crippen molar-refractivity contribution in [3.8, 4) is 5.75 Å². The van der Waals surface area contributed by atoms with E-state index in [0.717, 1.165) is 21.9 Å². The summed E-state index contributed by atoms with van der Waals surface area (Å²) in [6.45, 7) is 5.21. The lowest BCUT2D eigenvalue weighted by molar-refractivity contribution is -0.143. The predicted octanol–water partition coefficient (Wildman–Crippen LogP) is 4.32. The Bertz CT molecular complexity index is 1020. The third-order valence-corrected chi connectivity index (χ3v) is 4.59. The van der Waals surface area contributed by atoms with Gasteiger partial charge in [0.2, 0.25) is 0 Å². The summed E-state index contributed by atoms with van der Waals surface area (Å²) in [6, 6.07) is 19.1. The highest BCUT2D eigenvalue weighted by molar-refractivity contribution is 6.05. The van der Waals surface area contributed by atoms with Gasteiger partial charge in [-0.15, -0.1) is 0 Å². The van der Waals surface area contributed by atoms with Crippen molar-refractivity contribution in [3.63, 3.8) is 0 Å². The van der Waals surface area contributed by atoms with Crippen LogP contribution in [0.5, 0.6) is 5.75 Å². The third-order valence-electron chi connectivity index (χ3n) is 4.59. The molecule has 0 fully saturated rings. The lowest BCUT2D eigenvalue weighted by atomic mass is 10.0. The monoisotopic (exact) mass is 377 g/mol. The average Bonchev–Trinajstić information content (AvgIpc) is 2.66. The minimum Gasteiger partial charge on any atom is -0.487 e. The predicted molar refractivity (Wildman–Crippen MR) is 109 cm³/mol. The summed E-state index contributed by atoms with van der Waals surface area (Å²) in [6.07, 6.45) is 0. The summed E-state index contributed by atoms with van der Waals surface area (Å²) in [5.41, 5.74) is 1.05. The quantitative estimate of drug-likeness (QED) is 0.671. The molecule has 0 bridgehead atoms.